The van der Waals surface area contributed by atoms with Gasteiger partial charge in [-0.2, -0.15) is 0 Å². The number of methoxy groups -OCH3 is 1. The number of carbonyl (C=O) groups excluding carboxylic acids is 1. The first-order valence-electron chi connectivity index (χ1n) is 10.2. The molecule has 0 bridgehead atoms. The second kappa shape index (κ2) is 8.36. The molecule has 0 fully saturated rings. The SMILES string of the molecule is CCOc1ccc(NC(=O)c2ccc3c(c2)sc2nc(-c4ccc(OC)cc4)cn23)cc1. The maximum absolute atomic E-state index is 12.7. The summed E-state index contributed by atoms with van der Waals surface area (Å²) in [7, 11) is 1.65. The van der Waals surface area contributed by atoms with Crippen molar-refractivity contribution in [1.82, 2.24) is 9.38 Å². The summed E-state index contributed by atoms with van der Waals surface area (Å²) in [5.41, 5.74) is 4.28. The van der Waals surface area contributed by atoms with Crippen LogP contribution < -0.4 is 14.8 Å². The molecule has 1 N–H and O–H groups in total. The molecule has 7 heteroatoms. The fourth-order valence-corrected chi connectivity index (χ4v) is 4.59. The van der Waals surface area contributed by atoms with E-state index in [0.29, 0.717) is 12.2 Å². The van der Waals surface area contributed by atoms with Gasteiger partial charge in [-0.05, 0) is 73.7 Å². The van der Waals surface area contributed by atoms with Crippen molar-refractivity contribution >= 4 is 38.1 Å². The van der Waals surface area contributed by atoms with Gasteiger partial charge < -0.3 is 14.8 Å². The molecule has 0 unspecified atom stereocenters. The van der Waals surface area contributed by atoms with Crippen molar-refractivity contribution in [3.8, 4) is 22.8 Å². The van der Waals surface area contributed by atoms with E-state index in [1.807, 2.05) is 79.9 Å². The van der Waals surface area contributed by atoms with Crippen LogP contribution in [-0.4, -0.2) is 29.0 Å². The number of hydrogen-bond acceptors (Lipinski definition) is 5. The highest BCUT2D eigenvalue weighted by molar-refractivity contribution is 7.23. The third kappa shape index (κ3) is 3.78. The van der Waals surface area contributed by atoms with Gasteiger partial charge in [0.15, 0.2) is 4.96 Å². The second-order valence-corrected chi connectivity index (χ2v) is 8.21. The quantitative estimate of drug-likeness (QED) is 0.356. The van der Waals surface area contributed by atoms with E-state index in [9.17, 15) is 4.79 Å². The summed E-state index contributed by atoms with van der Waals surface area (Å²) < 4.78 is 13.7. The molecular formula is C25H21N3O3S. The van der Waals surface area contributed by atoms with Gasteiger partial charge in [0.25, 0.3) is 5.91 Å². The minimum atomic E-state index is -0.152. The highest BCUT2D eigenvalue weighted by Gasteiger charge is 2.13. The van der Waals surface area contributed by atoms with E-state index in [1.54, 1.807) is 18.4 Å². The first-order chi connectivity index (χ1) is 15.6. The first-order valence-corrected chi connectivity index (χ1v) is 11.1. The largest absolute Gasteiger partial charge is 0.497 e. The van der Waals surface area contributed by atoms with Gasteiger partial charge in [0.1, 0.15) is 11.5 Å². The van der Waals surface area contributed by atoms with E-state index in [4.69, 9.17) is 14.5 Å². The average molecular weight is 444 g/mol. The lowest BCUT2D eigenvalue weighted by Gasteiger charge is -2.07. The Bertz CT molecular complexity index is 1400. The van der Waals surface area contributed by atoms with Gasteiger partial charge in [-0.3, -0.25) is 9.20 Å². The minimum Gasteiger partial charge on any atom is -0.497 e. The number of anilines is 1. The third-order valence-corrected chi connectivity index (χ3v) is 6.18. The number of amides is 1. The maximum Gasteiger partial charge on any atom is 0.255 e. The molecule has 32 heavy (non-hydrogen) atoms. The number of carbonyl (C=O) groups is 1. The van der Waals surface area contributed by atoms with Crippen LogP contribution >= 0.6 is 11.3 Å². The third-order valence-electron chi connectivity index (χ3n) is 5.17. The zero-order valence-corrected chi connectivity index (χ0v) is 18.5. The molecule has 0 aliphatic carbocycles. The maximum atomic E-state index is 12.7. The number of nitrogens with zero attached hydrogens (tertiary/aromatic N) is 2. The lowest BCUT2D eigenvalue weighted by atomic mass is 10.1. The number of benzene rings is 3. The normalized spacial score (nSPS) is 11.1. The van der Waals surface area contributed by atoms with Crippen molar-refractivity contribution in [1.29, 1.82) is 0 Å². The first kappa shape index (κ1) is 20.1. The van der Waals surface area contributed by atoms with Crippen LogP contribution in [0.1, 0.15) is 17.3 Å². The molecule has 0 saturated heterocycles. The molecule has 160 valence electrons. The van der Waals surface area contributed by atoms with Crippen molar-refractivity contribution in [2.45, 2.75) is 6.92 Å². The van der Waals surface area contributed by atoms with Crippen LogP contribution in [0.4, 0.5) is 5.69 Å². The lowest BCUT2D eigenvalue weighted by Crippen LogP contribution is -2.11. The van der Waals surface area contributed by atoms with E-state index in [0.717, 1.165) is 43.6 Å². The van der Waals surface area contributed by atoms with Crippen molar-refractivity contribution in [3.63, 3.8) is 0 Å². The standard InChI is InChI=1S/C25H21N3O3S/c1-3-31-20-11-7-18(8-12-20)26-24(29)17-6-13-22-23(14-17)32-25-27-21(15-28(22)25)16-4-9-19(30-2)10-5-16/h4-15H,3H2,1-2H3,(H,26,29). The molecule has 0 aliphatic rings. The number of nitrogens with one attached hydrogen (secondary N) is 1. The van der Waals surface area contributed by atoms with Gasteiger partial charge in [-0.1, -0.05) is 11.3 Å². The Labute approximate surface area is 189 Å². The van der Waals surface area contributed by atoms with Gasteiger partial charge in [0.05, 0.1) is 29.6 Å². The van der Waals surface area contributed by atoms with Crippen LogP contribution in [0.25, 0.3) is 26.4 Å². The highest BCUT2D eigenvalue weighted by Crippen LogP contribution is 2.31. The summed E-state index contributed by atoms with van der Waals surface area (Å²) in [5, 5.41) is 2.94. The fraction of sp³-hybridized carbons (Fsp3) is 0.120. The topological polar surface area (TPSA) is 64.9 Å². The van der Waals surface area contributed by atoms with E-state index in [-0.39, 0.29) is 5.91 Å². The predicted octanol–water partition coefficient (Wildman–Crippen LogP) is 5.88. The highest BCUT2D eigenvalue weighted by atomic mass is 32.1. The molecule has 0 atom stereocenters. The molecule has 6 nitrogen and oxygen atoms in total. The van der Waals surface area contributed by atoms with Gasteiger partial charge in [-0.25, -0.2) is 4.98 Å². The number of ether oxygens (including phenoxy) is 2. The molecule has 2 aromatic heterocycles. The Morgan fingerprint density at radius 1 is 1.03 bits per heavy atom. The zero-order chi connectivity index (χ0) is 22.1. The summed E-state index contributed by atoms with van der Waals surface area (Å²) in [4.78, 5) is 18.4. The second-order valence-electron chi connectivity index (χ2n) is 7.20. The molecule has 0 aliphatic heterocycles. The summed E-state index contributed by atoms with van der Waals surface area (Å²) in [6, 6.07) is 20.9. The van der Waals surface area contributed by atoms with Crippen LogP contribution in [0.3, 0.4) is 0 Å². The van der Waals surface area contributed by atoms with Gasteiger partial charge >= 0.3 is 0 Å². The molecule has 5 aromatic rings. The fourth-order valence-electron chi connectivity index (χ4n) is 3.55. The number of hydrogen-bond donors (Lipinski definition) is 1. The van der Waals surface area contributed by atoms with Crippen LogP contribution in [0.5, 0.6) is 11.5 Å². The molecule has 1 amide bonds. The summed E-state index contributed by atoms with van der Waals surface area (Å²) >= 11 is 1.56. The predicted molar refractivity (Wildman–Crippen MR) is 128 cm³/mol. The average Bonchev–Trinajstić information content (AvgIpc) is 3.38. The van der Waals surface area contributed by atoms with Gasteiger partial charge in [0.2, 0.25) is 0 Å². The summed E-state index contributed by atoms with van der Waals surface area (Å²) in [5.74, 6) is 1.44. The van der Waals surface area contributed by atoms with Crippen LogP contribution in [0, 0.1) is 0 Å². The molecule has 0 radical (unpaired) electrons. The number of aromatic nitrogens is 2. The Morgan fingerprint density at radius 2 is 1.78 bits per heavy atom. The van der Waals surface area contributed by atoms with Gasteiger partial charge in [-0.15, -0.1) is 0 Å². The van der Waals surface area contributed by atoms with Crippen LogP contribution in [0.15, 0.2) is 72.9 Å². The summed E-state index contributed by atoms with van der Waals surface area (Å²) in [6.07, 6.45) is 2.02. The van der Waals surface area contributed by atoms with Crippen LogP contribution in [0.2, 0.25) is 0 Å². The monoisotopic (exact) mass is 443 g/mol. The van der Waals surface area contributed by atoms with E-state index in [2.05, 4.69) is 9.72 Å². The van der Waals surface area contributed by atoms with Gasteiger partial charge in [0, 0.05) is 23.0 Å². The molecule has 3 aromatic carbocycles. The molecule has 0 spiro atoms. The zero-order valence-electron chi connectivity index (χ0n) is 17.7. The molecule has 2 heterocycles. The smallest absolute Gasteiger partial charge is 0.255 e. The molecule has 5 rings (SSSR count). The summed E-state index contributed by atoms with van der Waals surface area (Å²) in [6.45, 7) is 2.55. The van der Waals surface area contributed by atoms with Crippen LogP contribution in [-0.2, 0) is 0 Å². The van der Waals surface area contributed by atoms with Crippen molar-refractivity contribution in [2.75, 3.05) is 19.0 Å². The number of imidazole rings is 1. The van der Waals surface area contributed by atoms with E-state index < -0.39 is 0 Å². The van der Waals surface area contributed by atoms with Crippen molar-refractivity contribution in [3.05, 3.63) is 78.5 Å². The number of fused-ring (bicyclic) bond motifs is 3. The Hall–Kier alpha value is -3.84. The number of rotatable bonds is 6. The lowest BCUT2D eigenvalue weighted by molar-refractivity contribution is 0.102. The molecular weight excluding hydrogens is 422 g/mol. The Balaban J connectivity index is 1.39. The molecule has 0 saturated carbocycles. The minimum absolute atomic E-state index is 0.152. The van der Waals surface area contributed by atoms with Crippen molar-refractivity contribution < 1.29 is 14.3 Å². The number of thiazole rings is 1. The Kier molecular flexibility index (Phi) is 5.25. The Morgan fingerprint density at radius 3 is 2.50 bits per heavy atom. The van der Waals surface area contributed by atoms with Crippen molar-refractivity contribution in [2.24, 2.45) is 0 Å². The van der Waals surface area contributed by atoms with E-state index in [1.165, 1.54) is 0 Å². The van der Waals surface area contributed by atoms with E-state index >= 15 is 0 Å².